The average molecular weight is 1500 g/mol. The third kappa shape index (κ3) is 9.42. The summed E-state index contributed by atoms with van der Waals surface area (Å²) in [5.74, 6) is -3.39. The second-order valence-corrected chi connectivity index (χ2v) is 24.8. The molecule has 19 rings (SSSR count). The minimum atomic E-state index is -0.846. The first-order valence-corrected chi connectivity index (χ1v) is 30.3. The molecular formula is C70H30Cl8N6O12Zn. The number of hydrogen-bond donors (Lipinski definition) is 2. The minimum Gasteiger partial charge on any atom is -0.397 e. The van der Waals surface area contributed by atoms with Gasteiger partial charge in [0.05, 0.1) is 66.5 Å². The zero-order valence-corrected chi connectivity index (χ0v) is 58.1. The Morgan fingerprint density at radius 3 is 0.845 bits per heavy atom. The summed E-state index contributed by atoms with van der Waals surface area (Å²) in [5.41, 5.74) is 15.7. The van der Waals surface area contributed by atoms with Crippen LogP contribution in [0.25, 0.3) is 141 Å². The van der Waals surface area contributed by atoms with Crippen molar-refractivity contribution < 1.29 is 67.3 Å². The van der Waals surface area contributed by atoms with E-state index in [-0.39, 0.29) is 100 Å². The molecule has 97 heavy (non-hydrogen) atoms. The molecule has 13 aromatic carbocycles. The van der Waals surface area contributed by atoms with Gasteiger partial charge in [-0.05, 0) is 84.9 Å². The number of pyridine rings is 2. The molecule has 0 bridgehead atoms. The summed E-state index contributed by atoms with van der Waals surface area (Å²) in [5, 5.41) is 12.5. The molecular weight excluding hydrogens is 1470 g/mol. The molecule has 0 radical (unpaired) electrons. The largest absolute Gasteiger partial charge is 2.00 e. The van der Waals surface area contributed by atoms with Crippen LogP contribution in [0.15, 0.2) is 131 Å². The third-order valence-corrected chi connectivity index (χ3v) is 19.3. The number of aromatic nitrogens is 4. The molecule has 0 saturated carbocycles. The molecule has 0 atom stereocenters. The maximum Gasteiger partial charge on any atom is 2.00 e. The molecule has 18 nitrogen and oxygen atoms in total. The van der Waals surface area contributed by atoms with Crippen molar-refractivity contribution in [2.75, 3.05) is 11.5 Å². The summed E-state index contributed by atoms with van der Waals surface area (Å²) in [6.45, 7) is 0. The maximum atomic E-state index is 14.2. The fourth-order valence-corrected chi connectivity index (χ4v) is 15.9. The molecule has 4 N–H and O–H groups in total. The molecule has 2 aliphatic rings. The molecule has 0 amide bonds. The van der Waals surface area contributed by atoms with Crippen molar-refractivity contribution >= 4 is 281 Å². The van der Waals surface area contributed by atoms with Gasteiger partial charge in [-0.25, -0.2) is 29.1 Å². The van der Waals surface area contributed by atoms with Crippen LogP contribution in [0.2, 0.25) is 40.2 Å². The monoisotopic (exact) mass is 1490 g/mol. The van der Waals surface area contributed by atoms with E-state index in [0.29, 0.717) is 173 Å². The number of rotatable bonds is 0. The van der Waals surface area contributed by atoms with Crippen molar-refractivity contribution in [3.63, 3.8) is 0 Å². The molecule has 0 saturated heterocycles. The van der Waals surface area contributed by atoms with Crippen molar-refractivity contribution in [3.8, 4) is 0 Å². The summed E-state index contributed by atoms with van der Waals surface area (Å²) in [6, 6.07) is 34.9. The number of hydrogen-bond acceptors (Lipinski definition) is 16. The number of fused-ring (bicyclic) bond motifs is 12. The zero-order valence-electron chi connectivity index (χ0n) is 49.1. The van der Waals surface area contributed by atoms with Gasteiger partial charge in [0, 0.05) is 137 Å². The fourth-order valence-electron chi connectivity index (χ4n) is 13.5. The summed E-state index contributed by atoms with van der Waals surface area (Å²) < 4.78 is 12.9. The number of nitrogen functional groups attached to an aromatic ring is 2. The quantitative estimate of drug-likeness (QED) is 0.0271. The van der Waals surface area contributed by atoms with Gasteiger partial charge in [-0.15, -0.1) is 0 Å². The zero-order chi connectivity index (χ0) is 66.1. The number of esters is 4. The molecule has 0 aliphatic carbocycles. The van der Waals surface area contributed by atoms with Gasteiger partial charge in [0.25, 0.3) is 11.1 Å². The van der Waals surface area contributed by atoms with Gasteiger partial charge in [-0.1, -0.05) is 129 Å². The first-order chi connectivity index (χ1) is 45.1. The molecule has 2 aliphatic heterocycles. The predicted molar refractivity (Wildman–Crippen MR) is 375 cm³/mol. The van der Waals surface area contributed by atoms with E-state index in [2.05, 4.69) is 0 Å². The summed E-state index contributed by atoms with van der Waals surface area (Å²) in [6.07, 6.45) is 0.500. The number of halogens is 8. The van der Waals surface area contributed by atoms with Crippen LogP contribution in [-0.2, 0) is 48.1 Å². The van der Waals surface area contributed by atoms with Crippen LogP contribution in [0.3, 0.4) is 0 Å². The number of carbonyl (C=O) groups is 4. The normalized spacial score (nSPS) is 12.4. The number of anilines is 2. The van der Waals surface area contributed by atoms with E-state index >= 15 is 0 Å². The molecule has 0 fully saturated rings. The summed E-state index contributed by atoms with van der Waals surface area (Å²) in [7, 11) is 0. The van der Waals surface area contributed by atoms with Gasteiger partial charge in [0.15, 0.2) is 0 Å². The van der Waals surface area contributed by atoms with E-state index in [4.69, 9.17) is 143 Å². The molecule has 0 spiro atoms. The van der Waals surface area contributed by atoms with Gasteiger partial charge in [0.2, 0.25) is 0 Å². The number of benzene rings is 13. The van der Waals surface area contributed by atoms with E-state index in [0.717, 1.165) is 0 Å². The Balaban J connectivity index is 0.000000155. The molecule has 17 aromatic rings. The van der Waals surface area contributed by atoms with E-state index < -0.39 is 23.9 Å². The SMILES string of the molecule is Nc1ccccc1N.O=C1OC(=O)c2cc(Cl)c3c4c(Cl)cc5c6c(cc(Cl)c(c7c(Cl)cc1c2c73)c64)C(=O)OC5=O.O=C=O.O=C=O.O=c1c2cc(Cl)c3c4c(Cl)cc5c6c(cc(Cl)c(c7c(Cl)cc(c2c37)c2nc3ccccc3n12)c46)c(=O)n1c2ccccc2nc51.[CH3-].[CH3-].[Zn+2]. The number of para-hydroxylation sites is 6. The standard InChI is InChI=1S/C36H12Cl4N4O2.C24H4Cl4O6.C6H8N2.2CO2.2CH3.Zn/c37-17-9-13-25-15(35(45)43-23-7-3-1-5-21(23)41-33(13)43)11-19(39)29-28-18(38)10-14-26-16(12-20(40)30(32(26)28)27(17)31(25)29)36(46)44-24-8-4-2-6-22(24)42-34(14)44;25-9-1-5-13-6(22(30)33-21(5)29)2-11(27)17-18-12(28)4-8-14-7(23(31)34-24(8)32)3-10(26)16(20(14)18)15(9)19(13)17;7-5-3-1-2-4-6(5)8;2*2-1-3;;;/h1-12H;1-4H;1-4H,7-8H2;;;2*1H3;/q;;;;;2*-1;+2. The van der Waals surface area contributed by atoms with Gasteiger partial charge < -0.3 is 35.8 Å². The third-order valence-electron chi connectivity index (χ3n) is 17.0. The van der Waals surface area contributed by atoms with Crippen LogP contribution in [0.5, 0.6) is 0 Å². The number of carbonyl (C=O) groups excluding carboxylic acids is 8. The Hall–Kier alpha value is -9.68. The molecule has 4 aromatic heterocycles. The predicted octanol–water partition coefficient (Wildman–Crippen LogP) is 17.4. The fraction of sp³-hybridized carbons (Fsp3) is 0. The summed E-state index contributed by atoms with van der Waals surface area (Å²) in [4.78, 5) is 121. The second kappa shape index (κ2) is 24.4. The number of imidazole rings is 2. The second-order valence-electron chi connectivity index (χ2n) is 21.5. The van der Waals surface area contributed by atoms with Crippen LogP contribution < -0.4 is 22.6 Å². The van der Waals surface area contributed by atoms with Crippen LogP contribution in [0.1, 0.15) is 41.4 Å². The van der Waals surface area contributed by atoms with Crippen molar-refractivity contribution in [3.05, 3.63) is 219 Å². The number of nitrogens with two attached hydrogens (primary N) is 2. The van der Waals surface area contributed by atoms with Crippen molar-refractivity contribution in [1.82, 2.24) is 18.8 Å². The average Bonchev–Trinajstić information content (AvgIpc) is 1.36. The van der Waals surface area contributed by atoms with Crippen LogP contribution in [0.4, 0.5) is 11.4 Å². The van der Waals surface area contributed by atoms with Crippen molar-refractivity contribution in [1.29, 1.82) is 0 Å². The number of nitrogens with zero attached hydrogens (tertiary/aromatic N) is 4. The van der Waals surface area contributed by atoms with E-state index in [1.54, 1.807) is 33.1 Å². The summed E-state index contributed by atoms with van der Waals surface area (Å²) >= 11 is 55.5. The Kier molecular flexibility index (Phi) is 17.0. The van der Waals surface area contributed by atoms with Crippen molar-refractivity contribution in [2.45, 2.75) is 0 Å². The van der Waals surface area contributed by atoms with E-state index in [1.165, 1.54) is 24.3 Å². The van der Waals surface area contributed by atoms with Gasteiger partial charge in [-0.2, -0.15) is 19.2 Å². The number of cyclic esters (lactones) is 4. The van der Waals surface area contributed by atoms with Gasteiger partial charge in [0.1, 0.15) is 11.3 Å². The van der Waals surface area contributed by atoms with Gasteiger partial charge in [-0.3, -0.25) is 18.4 Å². The van der Waals surface area contributed by atoms with Crippen LogP contribution in [0, 0.1) is 14.9 Å². The molecule has 0 unspecified atom stereocenters. The molecule has 6 heterocycles. The first kappa shape index (κ1) is 67.3. The Morgan fingerprint density at radius 2 is 0.567 bits per heavy atom. The smallest absolute Gasteiger partial charge is 0.397 e. The topological polar surface area (TPSA) is 276 Å². The van der Waals surface area contributed by atoms with E-state index in [1.807, 2.05) is 72.8 Å². The minimum absolute atomic E-state index is 0. The molecule has 470 valence electrons. The Labute approximate surface area is 593 Å². The number of ether oxygens (including phenoxy) is 2. The van der Waals surface area contributed by atoms with Crippen LogP contribution in [-0.4, -0.2) is 54.9 Å². The maximum absolute atomic E-state index is 14.2. The van der Waals surface area contributed by atoms with E-state index in [9.17, 15) is 28.8 Å². The van der Waals surface area contributed by atoms with Crippen LogP contribution >= 0.6 is 92.8 Å². The van der Waals surface area contributed by atoms with Gasteiger partial charge >= 0.3 is 55.7 Å². The Bertz CT molecular complexity index is 6110. The molecule has 27 heteroatoms. The Morgan fingerprint density at radius 1 is 0.330 bits per heavy atom. The van der Waals surface area contributed by atoms with Crippen molar-refractivity contribution in [2.24, 2.45) is 0 Å². The first-order valence-electron chi connectivity index (χ1n) is 27.3.